The molecule has 0 saturated heterocycles. The molecule has 2 N–H and O–H groups in total. The summed E-state index contributed by atoms with van der Waals surface area (Å²) in [5.41, 5.74) is 0.376. The Labute approximate surface area is 119 Å². The van der Waals surface area contributed by atoms with Gasteiger partial charge in [0.25, 0.3) is 5.91 Å². The number of halogens is 2. The number of nitrogens with one attached hydrogen (secondary N) is 1. The van der Waals surface area contributed by atoms with Crippen LogP contribution in [0.4, 0.5) is 0 Å². The second-order valence-corrected chi connectivity index (χ2v) is 4.68. The lowest BCUT2D eigenvalue weighted by Gasteiger charge is -2.10. The number of rotatable bonds is 4. The van der Waals surface area contributed by atoms with Crippen LogP contribution >= 0.6 is 23.2 Å². The van der Waals surface area contributed by atoms with Gasteiger partial charge in [-0.15, -0.1) is 0 Å². The third-order valence-electron chi connectivity index (χ3n) is 2.51. The van der Waals surface area contributed by atoms with Crippen LogP contribution in [0.1, 0.15) is 22.2 Å². The van der Waals surface area contributed by atoms with Gasteiger partial charge in [-0.3, -0.25) is 4.79 Å². The van der Waals surface area contributed by atoms with Crippen molar-refractivity contribution in [3.8, 4) is 0 Å². The third-order valence-corrected chi connectivity index (χ3v) is 3.25. The predicted octanol–water partition coefficient (Wildman–Crippen LogP) is 3.05. The van der Waals surface area contributed by atoms with Gasteiger partial charge in [-0.25, -0.2) is 0 Å². The van der Waals surface area contributed by atoms with E-state index < -0.39 is 6.10 Å². The Kier molecular flexibility index (Phi) is 4.47. The van der Waals surface area contributed by atoms with Crippen molar-refractivity contribution in [3.05, 3.63) is 58.0 Å². The summed E-state index contributed by atoms with van der Waals surface area (Å²) in [6.45, 7) is 0.0482. The normalized spacial score (nSPS) is 12.2. The van der Waals surface area contributed by atoms with Crippen molar-refractivity contribution in [2.75, 3.05) is 6.54 Å². The number of carbonyl (C=O) groups is 1. The van der Waals surface area contributed by atoms with E-state index >= 15 is 0 Å². The van der Waals surface area contributed by atoms with Crippen LogP contribution in [-0.2, 0) is 0 Å². The number of hydrogen-bond acceptors (Lipinski definition) is 3. The number of furan rings is 1. The number of aliphatic hydroxyl groups is 1. The molecule has 1 aromatic carbocycles. The van der Waals surface area contributed by atoms with Crippen molar-refractivity contribution >= 4 is 29.1 Å². The molecule has 2 rings (SSSR count). The van der Waals surface area contributed by atoms with E-state index in [0.717, 1.165) is 0 Å². The molecule has 0 aliphatic carbocycles. The lowest BCUT2D eigenvalue weighted by atomic mass is 10.2. The standard InChI is InChI=1S/C13H11Cl2NO3/c14-9-4-3-8(6-10(9)15)13(18)16-7-11(17)12-2-1-5-19-12/h1-6,11,17H,7H2,(H,16,18). The molecule has 0 bridgehead atoms. The highest BCUT2D eigenvalue weighted by molar-refractivity contribution is 6.42. The highest BCUT2D eigenvalue weighted by Crippen LogP contribution is 2.22. The van der Waals surface area contributed by atoms with Gasteiger partial charge < -0.3 is 14.8 Å². The average molecular weight is 300 g/mol. The molecule has 0 radical (unpaired) electrons. The van der Waals surface area contributed by atoms with E-state index in [1.807, 2.05) is 0 Å². The molecule has 2 aromatic rings. The highest BCUT2D eigenvalue weighted by Gasteiger charge is 2.13. The van der Waals surface area contributed by atoms with Crippen molar-refractivity contribution in [1.29, 1.82) is 0 Å². The Balaban J connectivity index is 1.96. The van der Waals surface area contributed by atoms with E-state index in [4.69, 9.17) is 27.6 Å². The van der Waals surface area contributed by atoms with Crippen molar-refractivity contribution in [1.82, 2.24) is 5.32 Å². The summed E-state index contributed by atoms with van der Waals surface area (Å²) in [7, 11) is 0. The Morgan fingerprint density at radius 2 is 2.11 bits per heavy atom. The summed E-state index contributed by atoms with van der Waals surface area (Å²) in [5, 5.41) is 13.0. The van der Waals surface area contributed by atoms with E-state index in [2.05, 4.69) is 5.32 Å². The minimum absolute atomic E-state index is 0.0482. The number of benzene rings is 1. The van der Waals surface area contributed by atoms with E-state index in [1.54, 1.807) is 24.3 Å². The van der Waals surface area contributed by atoms with Gasteiger partial charge in [0.1, 0.15) is 11.9 Å². The van der Waals surface area contributed by atoms with Crippen LogP contribution in [0, 0.1) is 0 Å². The molecule has 1 unspecified atom stereocenters. The van der Waals surface area contributed by atoms with Crippen molar-refractivity contribution in [3.63, 3.8) is 0 Å². The SMILES string of the molecule is O=C(NCC(O)c1ccco1)c1ccc(Cl)c(Cl)c1. The largest absolute Gasteiger partial charge is 0.467 e. The summed E-state index contributed by atoms with van der Waals surface area (Å²) in [6, 6.07) is 7.87. The first-order chi connectivity index (χ1) is 9.08. The molecule has 100 valence electrons. The lowest BCUT2D eigenvalue weighted by Crippen LogP contribution is -2.28. The molecule has 1 atom stereocenters. The maximum atomic E-state index is 11.8. The zero-order valence-electron chi connectivity index (χ0n) is 9.77. The summed E-state index contributed by atoms with van der Waals surface area (Å²) in [4.78, 5) is 11.8. The number of amides is 1. The van der Waals surface area contributed by atoms with Crippen LogP contribution in [0.2, 0.25) is 10.0 Å². The van der Waals surface area contributed by atoms with Crippen molar-refractivity contribution in [2.45, 2.75) is 6.10 Å². The molecule has 0 aliphatic rings. The van der Waals surface area contributed by atoms with Crippen LogP contribution < -0.4 is 5.32 Å². The zero-order valence-corrected chi connectivity index (χ0v) is 11.3. The lowest BCUT2D eigenvalue weighted by molar-refractivity contribution is 0.0901. The molecule has 0 fully saturated rings. The van der Waals surface area contributed by atoms with Gasteiger partial charge in [-0.2, -0.15) is 0 Å². The summed E-state index contributed by atoms with van der Waals surface area (Å²) in [6.07, 6.45) is 0.570. The quantitative estimate of drug-likeness (QED) is 0.912. The molecule has 6 heteroatoms. The predicted molar refractivity (Wildman–Crippen MR) is 72.5 cm³/mol. The van der Waals surface area contributed by atoms with Gasteiger partial charge in [0.2, 0.25) is 0 Å². The van der Waals surface area contributed by atoms with Crippen LogP contribution in [0.25, 0.3) is 0 Å². The van der Waals surface area contributed by atoms with Gasteiger partial charge >= 0.3 is 0 Å². The molecule has 1 aromatic heterocycles. The van der Waals surface area contributed by atoms with E-state index in [0.29, 0.717) is 21.4 Å². The minimum atomic E-state index is -0.887. The van der Waals surface area contributed by atoms with Gasteiger partial charge in [0.05, 0.1) is 22.9 Å². The van der Waals surface area contributed by atoms with Crippen molar-refractivity contribution < 1.29 is 14.3 Å². The Morgan fingerprint density at radius 3 is 2.74 bits per heavy atom. The first-order valence-electron chi connectivity index (χ1n) is 5.52. The Morgan fingerprint density at radius 1 is 1.32 bits per heavy atom. The molecule has 4 nitrogen and oxygen atoms in total. The molecule has 0 spiro atoms. The fourth-order valence-electron chi connectivity index (χ4n) is 1.51. The molecule has 0 saturated carbocycles. The number of carbonyl (C=O) groups excluding carboxylic acids is 1. The summed E-state index contributed by atoms with van der Waals surface area (Å²) in [5.74, 6) is 0.0543. The average Bonchev–Trinajstić information content (AvgIpc) is 2.92. The number of hydrogen-bond donors (Lipinski definition) is 2. The van der Waals surface area contributed by atoms with Gasteiger partial charge in [0, 0.05) is 5.56 Å². The second kappa shape index (κ2) is 6.10. The van der Waals surface area contributed by atoms with E-state index in [1.165, 1.54) is 12.3 Å². The topological polar surface area (TPSA) is 62.5 Å². The first-order valence-corrected chi connectivity index (χ1v) is 6.28. The Bertz CT molecular complexity index is 569. The minimum Gasteiger partial charge on any atom is -0.467 e. The van der Waals surface area contributed by atoms with Gasteiger partial charge in [-0.1, -0.05) is 23.2 Å². The Hall–Kier alpha value is -1.49. The fourth-order valence-corrected chi connectivity index (χ4v) is 1.81. The summed E-state index contributed by atoms with van der Waals surface area (Å²) < 4.78 is 5.03. The maximum Gasteiger partial charge on any atom is 0.251 e. The zero-order chi connectivity index (χ0) is 13.8. The molecule has 0 aliphatic heterocycles. The third kappa shape index (κ3) is 3.50. The first kappa shape index (κ1) is 13.9. The van der Waals surface area contributed by atoms with Crippen LogP contribution in [0.3, 0.4) is 0 Å². The highest BCUT2D eigenvalue weighted by atomic mass is 35.5. The molecule has 19 heavy (non-hydrogen) atoms. The van der Waals surface area contributed by atoms with Gasteiger partial charge in [0.15, 0.2) is 0 Å². The molecule has 1 amide bonds. The van der Waals surface area contributed by atoms with E-state index in [-0.39, 0.29) is 12.5 Å². The van der Waals surface area contributed by atoms with E-state index in [9.17, 15) is 9.90 Å². The van der Waals surface area contributed by atoms with Crippen molar-refractivity contribution in [2.24, 2.45) is 0 Å². The number of aliphatic hydroxyl groups excluding tert-OH is 1. The molecular formula is C13H11Cl2NO3. The summed E-state index contributed by atoms with van der Waals surface area (Å²) >= 11 is 11.6. The van der Waals surface area contributed by atoms with Gasteiger partial charge in [-0.05, 0) is 30.3 Å². The van der Waals surface area contributed by atoms with Crippen LogP contribution in [0.5, 0.6) is 0 Å². The smallest absolute Gasteiger partial charge is 0.251 e. The molecule has 1 heterocycles. The second-order valence-electron chi connectivity index (χ2n) is 3.87. The maximum absolute atomic E-state index is 11.8. The molecular weight excluding hydrogens is 289 g/mol. The van der Waals surface area contributed by atoms with Crippen LogP contribution in [-0.4, -0.2) is 17.6 Å². The monoisotopic (exact) mass is 299 g/mol. The van der Waals surface area contributed by atoms with Crippen LogP contribution in [0.15, 0.2) is 41.0 Å². The fraction of sp³-hybridized carbons (Fsp3) is 0.154.